The van der Waals surface area contributed by atoms with Crippen molar-refractivity contribution in [2.75, 3.05) is 27.9 Å². The van der Waals surface area contributed by atoms with Crippen molar-refractivity contribution in [1.82, 2.24) is 4.90 Å². The van der Waals surface area contributed by atoms with Gasteiger partial charge in [-0.3, -0.25) is 14.4 Å². The largest absolute Gasteiger partial charge is 0.460 e. The lowest BCUT2D eigenvalue weighted by Crippen LogP contribution is -2.64. The molecule has 4 aliphatic rings. The minimum atomic E-state index is -2.47. The third-order valence-electron chi connectivity index (χ3n) is 13.0. The lowest BCUT2D eigenvalue weighted by Gasteiger charge is -2.46. The Morgan fingerprint density at radius 3 is 2.31 bits per heavy atom. The highest BCUT2D eigenvalue weighted by molar-refractivity contribution is 6.39. The number of nitrogens with zero attached hydrogens (tertiary/aromatic N) is 1. The summed E-state index contributed by atoms with van der Waals surface area (Å²) in [5.74, 6) is -7.19. The molecule has 1 aliphatic carbocycles. The molecule has 0 aromatic rings. The van der Waals surface area contributed by atoms with Crippen LogP contribution in [0.1, 0.15) is 118 Å². The number of halogens is 1. The van der Waals surface area contributed by atoms with E-state index in [0.717, 1.165) is 24.8 Å². The standard InChI is InChI=1S/C42H68ClNO11/c1-9-29-19-24(2)13-12-15-34(51-6)38-36(53-8)21-26(4)42(50,55-38)39(47)40(48)44-18-11-10-14-31(44)41(49)54-37(27(5)32(45)23-33(29)46)25(3)20-28-16-17-30(43)35(22-28)52-7/h19,25-32,34-38,45,50H,9-18,20-23H2,1-8H3/b24-19+/t25?,26-,27?,28?,29-,30-,31+,32+,34+,35-,36+,37-,38-,42?/m1/s1. The maximum absolute atomic E-state index is 14.3. The molecule has 4 rings (SSSR count). The highest BCUT2D eigenvalue weighted by Gasteiger charge is 2.56. The second-order valence-corrected chi connectivity index (χ2v) is 17.5. The van der Waals surface area contributed by atoms with Crippen molar-refractivity contribution in [1.29, 1.82) is 0 Å². The molecule has 2 saturated heterocycles. The number of ketones is 2. The van der Waals surface area contributed by atoms with Crippen LogP contribution in [0.3, 0.4) is 0 Å². The number of esters is 1. The van der Waals surface area contributed by atoms with E-state index < -0.39 is 77.8 Å². The van der Waals surface area contributed by atoms with E-state index >= 15 is 0 Å². The average Bonchev–Trinajstić information content (AvgIpc) is 3.17. The molecule has 1 saturated carbocycles. The monoisotopic (exact) mass is 797 g/mol. The van der Waals surface area contributed by atoms with Crippen LogP contribution in [0.5, 0.6) is 0 Å². The van der Waals surface area contributed by atoms with Gasteiger partial charge in [0.1, 0.15) is 24.0 Å². The Bertz CT molecular complexity index is 1340. The smallest absolute Gasteiger partial charge is 0.329 e. The lowest BCUT2D eigenvalue weighted by atomic mass is 9.77. The number of piperidine rings is 1. The van der Waals surface area contributed by atoms with Crippen LogP contribution in [0.2, 0.25) is 0 Å². The molecule has 1 amide bonds. The van der Waals surface area contributed by atoms with E-state index in [1.165, 1.54) is 19.1 Å². The van der Waals surface area contributed by atoms with Crippen LogP contribution in [0.25, 0.3) is 0 Å². The molecule has 14 atom stereocenters. The number of carbonyl (C=O) groups excluding carboxylic acids is 4. The van der Waals surface area contributed by atoms with Crippen LogP contribution >= 0.6 is 11.6 Å². The van der Waals surface area contributed by atoms with E-state index in [1.54, 1.807) is 21.0 Å². The van der Waals surface area contributed by atoms with Gasteiger partial charge in [0, 0.05) is 52.0 Å². The van der Waals surface area contributed by atoms with Gasteiger partial charge >= 0.3 is 5.97 Å². The van der Waals surface area contributed by atoms with Gasteiger partial charge < -0.3 is 38.8 Å². The van der Waals surface area contributed by atoms with E-state index in [1.807, 2.05) is 26.8 Å². The molecule has 2 bridgehead atoms. The molecule has 13 heteroatoms. The lowest BCUT2D eigenvalue weighted by molar-refractivity contribution is -0.302. The summed E-state index contributed by atoms with van der Waals surface area (Å²) in [7, 11) is 4.73. The molecular weight excluding hydrogens is 730 g/mol. The fraction of sp³-hybridized carbons (Fsp3) is 0.857. The predicted octanol–water partition coefficient (Wildman–Crippen LogP) is 5.55. The Kier molecular flexibility index (Phi) is 17.2. The molecule has 3 aliphatic heterocycles. The van der Waals surface area contributed by atoms with Crippen molar-refractivity contribution in [2.45, 2.75) is 172 Å². The number of cyclic esters (lactones) is 1. The molecule has 314 valence electrons. The normalized spacial score (nSPS) is 41.0. The SMILES string of the molecule is CC[C@@H]1/C=C(\C)CCC[C@H](OC)[C@H]2OC(O)(C(=O)C(=O)N3CCCC[C@H]3C(=O)O[C@H](C(C)CC3CC[C@@H](Cl)[C@H](OC)C3)C(C)[C@@H](O)CC1=O)[C@H](C)C[C@@H]2OC. The van der Waals surface area contributed by atoms with Crippen LogP contribution in [-0.2, 0) is 42.9 Å². The first-order chi connectivity index (χ1) is 26.1. The predicted molar refractivity (Wildman–Crippen MR) is 207 cm³/mol. The number of aliphatic hydroxyl groups excluding tert-OH is 1. The van der Waals surface area contributed by atoms with Crippen molar-refractivity contribution in [2.24, 2.45) is 29.6 Å². The van der Waals surface area contributed by atoms with Crippen molar-refractivity contribution in [3.8, 4) is 0 Å². The fourth-order valence-corrected chi connectivity index (χ4v) is 9.77. The zero-order valence-electron chi connectivity index (χ0n) is 34.4. The molecule has 2 N–H and O–H groups in total. The number of methoxy groups -OCH3 is 3. The summed E-state index contributed by atoms with van der Waals surface area (Å²) < 4.78 is 29.8. The number of carbonyl (C=O) groups is 4. The van der Waals surface area contributed by atoms with Crippen molar-refractivity contribution < 1.29 is 53.1 Å². The van der Waals surface area contributed by atoms with Gasteiger partial charge in [0.2, 0.25) is 5.79 Å². The van der Waals surface area contributed by atoms with E-state index in [-0.39, 0.29) is 54.9 Å². The number of aliphatic hydroxyl groups is 2. The van der Waals surface area contributed by atoms with Gasteiger partial charge in [-0.1, -0.05) is 39.3 Å². The zero-order chi connectivity index (χ0) is 40.6. The molecule has 0 spiro atoms. The number of hydrogen-bond acceptors (Lipinski definition) is 11. The van der Waals surface area contributed by atoms with Gasteiger partial charge in [-0.25, -0.2) is 4.79 Å². The molecule has 0 radical (unpaired) electrons. The molecule has 55 heavy (non-hydrogen) atoms. The molecule has 0 aromatic heterocycles. The summed E-state index contributed by atoms with van der Waals surface area (Å²) in [6.45, 7) is 9.48. The van der Waals surface area contributed by atoms with E-state index in [9.17, 15) is 29.4 Å². The minimum absolute atomic E-state index is 0.0780. The van der Waals surface area contributed by atoms with Crippen molar-refractivity contribution in [3.05, 3.63) is 11.6 Å². The summed E-state index contributed by atoms with van der Waals surface area (Å²) in [5, 5.41) is 23.5. The quantitative estimate of drug-likeness (QED) is 0.144. The average molecular weight is 798 g/mol. The maximum atomic E-state index is 14.3. The molecule has 3 fully saturated rings. The number of Topliss-reactive ketones (excluding diaryl/α,β-unsaturated/α-hetero) is 2. The van der Waals surface area contributed by atoms with Crippen LogP contribution in [0.4, 0.5) is 0 Å². The first-order valence-electron chi connectivity index (χ1n) is 20.7. The van der Waals surface area contributed by atoms with Crippen LogP contribution < -0.4 is 0 Å². The van der Waals surface area contributed by atoms with Crippen molar-refractivity contribution >= 4 is 35.0 Å². The first-order valence-corrected chi connectivity index (χ1v) is 21.1. The Hall–Kier alpha value is -1.93. The number of amides is 1. The summed E-state index contributed by atoms with van der Waals surface area (Å²) in [6.07, 6.45) is 5.11. The van der Waals surface area contributed by atoms with Gasteiger partial charge in [0.05, 0.1) is 29.8 Å². The second kappa shape index (κ2) is 20.7. The number of rotatable bonds is 7. The van der Waals surface area contributed by atoms with Gasteiger partial charge in [0.15, 0.2) is 0 Å². The summed E-state index contributed by atoms with van der Waals surface area (Å²) in [5.41, 5.74) is 1.01. The third kappa shape index (κ3) is 11.0. The van der Waals surface area contributed by atoms with E-state index in [2.05, 4.69) is 0 Å². The third-order valence-corrected chi connectivity index (χ3v) is 13.5. The maximum Gasteiger partial charge on any atom is 0.329 e. The van der Waals surface area contributed by atoms with Gasteiger partial charge in [-0.15, -0.1) is 11.6 Å². The molecule has 4 unspecified atom stereocenters. The number of alkyl halides is 1. The van der Waals surface area contributed by atoms with Gasteiger partial charge in [0.25, 0.3) is 11.7 Å². The second-order valence-electron chi connectivity index (χ2n) is 16.9. The molecule has 3 heterocycles. The molecule has 12 nitrogen and oxygen atoms in total. The van der Waals surface area contributed by atoms with Crippen molar-refractivity contribution in [3.63, 3.8) is 0 Å². The van der Waals surface area contributed by atoms with Gasteiger partial charge in [-0.05, 0) is 95.8 Å². The Morgan fingerprint density at radius 1 is 0.964 bits per heavy atom. The minimum Gasteiger partial charge on any atom is -0.460 e. The summed E-state index contributed by atoms with van der Waals surface area (Å²) in [6, 6.07) is -1.08. The molecule has 0 aromatic carbocycles. The fourth-order valence-electron chi connectivity index (χ4n) is 9.44. The number of ether oxygens (including phenoxy) is 5. The highest BCUT2D eigenvalue weighted by atomic mass is 35.5. The summed E-state index contributed by atoms with van der Waals surface area (Å²) >= 11 is 6.54. The number of hydrogen-bond donors (Lipinski definition) is 2. The first kappa shape index (κ1) is 45.8. The van der Waals surface area contributed by atoms with Crippen LogP contribution in [0.15, 0.2) is 11.6 Å². The number of fused-ring (bicyclic) bond motifs is 3. The van der Waals surface area contributed by atoms with Crippen LogP contribution in [-0.4, -0.2) is 120 Å². The van der Waals surface area contributed by atoms with Gasteiger partial charge in [-0.2, -0.15) is 0 Å². The highest BCUT2D eigenvalue weighted by Crippen LogP contribution is 2.40. The summed E-state index contributed by atoms with van der Waals surface area (Å²) in [4.78, 5) is 57.6. The Balaban J connectivity index is 1.71. The molecular formula is C42H68ClNO11. The Morgan fingerprint density at radius 2 is 1.65 bits per heavy atom. The Labute approximate surface area is 333 Å². The van der Waals surface area contributed by atoms with E-state index in [0.29, 0.717) is 44.9 Å². The zero-order valence-corrected chi connectivity index (χ0v) is 35.1. The topological polar surface area (TPSA) is 158 Å². The van der Waals surface area contributed by atoms with Crippen LogP contribution in [0, 0.1) is 29.6 Å². The van der Waals surface area contributed by atoms with E-state index in [4.69, 9.17) is 35.3 Å². The number of allylic oxidation sites excluding steroid dienone is 2.